The molecule has 1 aliphatic carbocycles. The van der Waals surface area contributed by atoms with Crippen LogP contribution in [0.5, 0.6) is 23.0 Å². The Labute approximate surface area is 276 Å². The number of hydrogen-bond donors (Lipinski definition) is 2. The number of hydrogen-bond acceptors (Lipinski definition) is 8. The Kier molecular flexibility index (Phi) is 10.7. The number of benzene rings is 4. The molecule has 8 heteroatoms. The summed E-state index contributed by atoms with van der Waals surface area (Å²) < 4.78 is 36.2. The van der Waals surface area contributed by atoms with E-state index in [0.29, 0.717) is 23.0 Å². The van der Waals surface area contributed by atoms with Gasteiger partial charge in [0.05, 0.1) is 43.4 Å². The summed E-state index contributed by atoms with van der Waals surface area (Å²) in [5, 5.41) is 19.8. The zero-order chi connectivity index (χ0) is 33.6. The summed E-state index contributed by atoms with van der Waals surface area (Å²) in [4.78, 5) is 0. The highest BCUT2D eigenvalue weighted by atomic mass is 16.7. The number of fused-ring (bicyclic) bond motifs is 3. The molecule has 246 valence electrons. The van der Waals surface area contributed by atoms with E-state index < -0.39 is 30.2 Å². The van der Waals surface area contributed by atoms with Crippen molar-refractivity contribution in [3.05, 3.63) is 133 Å². The summed E-state index contributed by atoms with van der Waals surface area (Å²) in [6.45, 7) is 14.5. The van der Waals surface area contributed by atoms with E-state index in [0.717, 1.165) is 33.4 Å². The van der Waals surface area contributed by atoms with E-state index in [4.69, 9.17) is 28.4 Å². The molecule has 5 rings (SSSR count). The molecule has 2 N–H and O–H groups in total. The van der Waals surface area contributed by atoms with Crippen molar-refractivity contribution >= 4 is 0 Å². The van der Waals surface area contributed by atoms with Gasteiger partial charge in [0.2, 0.25) is 0 Å². The fourth-order valence-corrected chi connectivity index (χ4v) is 6.09. The first kappa shape index (κ1) is 33.8. The van der Waals surface area contributed by atoms with Crippen molar-refractivity contribution in [1.82, 2.24) is 0 Å². The van der Waals surface area contributed by atoms with E-state index in [-0.39, 0.29) is 13.2 Å². The summed E-state index contributed by atoms with van der Waals surface area (Å²) in [6, 6.07) is 27.9. The molecule has 0 radical (unpaired) electrons. The van der Waals surface area contributed by atoms with Crippen LogP contribution in [0, 0.1) is 0 Å². The summed E-state index contributed by atoms with van der Waals surface area (Å²) in [5.41, 5.74) is 4.80. The molecule has 0 spiro atoms. The normalized spacial score (nSPS) is 15.4. The molecule has 0 heterocycles. The van der Waals surface area contributed by atoms with Crippen LogP contribution in [0.25, 0.3) is 11.1 Å². The van der Waals surface area contributed by atoms with Gasteiger partial charge >= 0.3 is 0 Å². The zero-order valence-corrected chi connectivity index (χ0v) is 27.2. The number of aliphatic hydroxyl groups excluding tert-OH is 2. The number of aliphatic hydroxyl groups is 2. The summed E-state index contributed by atoms with van der Waals surface area (Å²) >= 11 is 0. The summed E-state index contributed by atoms with van der Waals surface area (Å²) in [7, 11) is 0. The lowest BCUT2D eigenvalue weighted by molar-refractivity contribution is -0.0917. The molecule has 1 aliphatic rings. The second-order valence-corrected chi connectivity index (χ2v) is 11.5. The topological polar surface area (TPSA) is 95.8 Å². The molecule has 0 aromatic heterocycles. The quantitative estimate of drug-likeness (QED) is 0.0857. The Morgan fingerprint density at radius 3 is 1.38 bits per heavy atom. The Morgan fingerprint density at radius 2 is 1.00 bits per heavy atom. The van der Waals surface area contributed by atoms with E-state index in [9.17, 15) is 10.2 Å². The lowest BCUT2D eigenvalue weighted by Crippen LogP contribution is -2.32. The van der Waals surface area contributed by atoms with Crippen molar-refractivity contribution in [2.75, 3.05) is 13.2 Å². The molecule has 0 bridgehead atoms. The highest BCUT2D eigenvalue weighted by Gasteiger charge is 2.49. The molecule has 8 nitrogen and oxygen atoms in total. The molecule has 4 atom stereocenters. The van der Waals surface area contributed by atoms with Crippen LogP contribution in [0.2, 0.25) is 0 Å². The van der Waals surface area contributed by atoms with Crippen molar-refractivity contribution in [3.63, 3.8) is 0 Å². The molecular weight excluding hydrogens is 596 g/mol. The minimum atomic E-state index is -0.967. The van der Waals surface area contributed by atoms with Crippen molar-refractivity contribution in [3.8, 4) is 34.1 Å². The maximum Gasteiger partial charge on any atom is 0.197 e. The van der Waals surface area contributed by atoms with Crippen LogP contribution >= 0.6 is 0 Å². The number of ether oxygens (including phenoxy) is 6. The van der Waals surface area contributed by atoms with Crippen LogP contribution in [-0.4, -0.2) is 48.2 Å². The van der Waals surface area contributed by atoms with Gasteiger partial charge in [-0.1, -0.05) is 73.8 Å². The molecule has 4 unspecified atom stereocenters. The third-order valence-corrected chi connectivity index (χ3v) is 7.84. The van der Waals surface area contributed by atoms with Gasteiger partial charge in [-0.05, 0) is 62.1 Å². The highest BCUT2D eigenvalue weighted by molar-refractivity contribution is 5.87. The van der Waals surface area contributed by atoms with Gasteiger partial charge in [0.1, 0.15) is 23.0 Å². The van der Waals surface area contributed by atoms with Crippen molar-refractivity contribution < 1.29 is 38.6 Å². The zero-order valence-electron chi connectivity index (χ0n) is 27.2. The van der Waals surface area contributed by atoms with Gasteiger partial charge in [0.15, 0.2) is 12.6 Å². The molecule has 4 aromatic rings. The van der Waals surface area contributed by atoms with Gasteiger partial charge in [-0.3, -0.25) is 0 Å². The largest absolute Gasteiger partial charge is 0.465 e. The Morgan fingerprint density at radius 1 is 0.596 bits per heavy atom. The second kappa shape index (κ2) is 14.9. The van der Waals surface area contributed by atoms with E-state index in [1.54, 1.807) is 27.7 Å². The number of rotatable bonds is 16. The Bertz CT molecular complexity index is 1570. The average molecular weight is 639 g/mol. The standard InChI is InChI=1S/C39H42O8/c1-7-42-29-17-19-35(37(21-29)46-27(5)44-23-25(3)40)39(33-15-11-9-13-31(33)32-14-10-12-16-34(32)39)36-20-18-30(43-8-2)22-38(36)47-28(6)45-24-26(4)41/h7-22,25-28,40-41H,1-2,23-24H2,3-6H3. The first-order chi connectivity index (χ1) is 22.7. The second-order valence-electron chi connectivity index (χ2n) is 11.5. The SMILES string of the molecule is C=COc1ccc(C2(c3ccc(OC=C)cc3OC(C)OCC(C)O)c3ccccc3-c3ccccc32)c(OC(C)OCC(C)O)c1. The third-order valence-electron chi connectivity index (χ3n) is 7.84. The molecule has 0 aliphatic heterocycles. The third kappa shape index (κ3) is 7.06. The van der Waals surface area contributed by atoms with E-state index in [1.807, 2.05) is 60.7 Å². The van der Waals surface area contributed by atoms with Crippen LogP contribution in [0.1, 0.15) is 49.9 Å². The van der Waals surface area contributed by atoms with Gasteiger partial charge in [-0.25, -0.2) is 0 Å². The molecule has 47 heavy (non-hydrogen) atoms. The maximum atomic E-state index is 9.88. The van der Waals surface area contributed by atoms with E-state index >= 15 is 0 Å². The van der Waals surface area contributed by atoms with Crippen LogP contribution in [0.3, 0.4) is 0 Å². The average Bonchev–Trinajstić information content (AvgIpc) is 3.34. The molecule has 4 aromatic carbocycles. The lowest BCUT2D eigenvalue weighted by atomic mass is 9.67. The minimum absolute atomic E-state index is 0.100. The molecule has 0 amide bonds. The molecular formula is C39H42O8. The molecule has 0 saturated carbocycles. The van der Waals surface area contributed by atoms with Gasteiger partial charge < -0.3 is 38.6 Å². The summed E-state index contributed by atoms with van der Waals surface area (Å²) in [6.07, 6.45) is -0.0181. The first-order valence-corrected chi connectivity index (χ1v) is 15.6. The monoisotopic (exact) mass is 638 g/mol. The van der Waals surface area contributed by atoms with Crippen molar-refractivity contribution in [2.45, 2.75) is 57.9 Å². The highest BCUT2D eigenvalue weighted by Crippen LogP contribution is 2.60. The van der Waals surface area contributed by atoms with Crippen LogP contribution < -0.4 is 18.9 Å². The predicted octanol–water partition coefficient (Wildman–Crippen LogP) is 7.34. The molecule has 0 fully saturated rings. The van der Waals surface area contributed by atoms with Gasteiger partial charge in [-0.15, -0.1) is 0 Å². The first-order valence-electron chi connectivity index (χ1n) is 15.6. The van der Waals surface area contributed by atoms with E-state index in [2.05, 4.69) is 37.4 Å². The van der Waals surface area contributed by atoms with Gasteiger partial charge in [0.25, 0.3) is 0 Å². The van der Waals surface area contributed by atoms with Crippen LogP contribution in [0.15, 0.2) is 111 Å². The fraction of sp³-hybridized carbons (Fsp3) is 0.282. The van der Waals surface area contributed by atoms with E-state index in [1.165, 1.54) is 12.5 Å². The summed E-state index contributed by atoms with van der Waals surface area (Å²) in [5.74, 6) is 2.07. The molecule has 0 saturated heterocycles. The maximum absolute atomic E-state index is 9.88. The lowest BCUT2D eigenvalue weighted by Gasteiger charge is -2.37. The fourth-order valence-electron chi connectivity index (χ4n) is 6.09. The Balaban J connectivity index is 1.82. The van der Waals surface area contributed by atoms with Crippen molar-refractivity contribution in [2.24, 2.45) is 0 Å². The smallest absolute Gasteiger partial charge is 0.197 e. The van der Waals surface area contributed by atoms with Gasteiger partial charge in [0, 0.05) is 23.3 Å². The minimum Gasteiger partial charge on any atom is -0.465 e. The van der Waals surface area contributed by atoms with Gasteiger partial charge in [-0.2, -0.15) is 0 Å². The van der Waals surface area contributed by atoms with Crippen LogP contribution in [-0.2, 0) is 14.9 Å². The van der Waals surface area contributed by atoms with Crippen LogP contribution in [0.4, 0.5) is 0 Å². The van der Waals surface area contributed by atoms with Crippen molar-refractivity contribution in [1.29, 1.82) is 0 Å². The predicted molar refractivity (Wildman–Crippen MR) is 181 cm³/mol. The Hall–Kier alpha value is -4.60.